The summed E-state index contributed by atoms with van der Waals surface area (Å²) in [6.45, 7) is 5.06. The number of halogens is 3. The third-order valence-corrected chi connectivity index (χ3v) is 3.46. The van der Waals surface area contributed by atoms with Gasteiger partial charge in [-0.15, -0.1) is 0 Å². The lowest BCUT2D eigenvalue weighted by Crippen LogP contribution is -2.19. The minimum absolute atomic E-state index is 0.154. The largest absolute Gasteiger partial charge is 0.481 e. The average Bonchev–Trinajstić information content (AvgIpc) is 2.32. The van der Waals surface area contributed by atoms with Crippen LogP contribution in [0.1, 0.15) is 37.6 Å². The molecule has 0 unspecified atom stereocenters. The number of carbonyl (C=O) groups is 1. The second kappa shape index (κ2) is 5.93. The molecule has 0 radical (unpaired) electrons. The molecule has 1 aromatic heterocycles. The lowest BCUT2D eigenvalue weighted by molar-refractivity contribution is -0.138. The van der Waals surface area contributed by atoms with Crippen LogP contribution in [0, 0.1) is 11.3 Å². The first-order valence-corrected chi connectivity index (χ1v) is 6.82. The Kier molecular flexibility index (Phi) is 4.89. The number of thioether (sulfide) groups is 1. The summed E-state index contributed by atoms with van der Waals surface area (Å²) in [5, 5.41) is 17.4. The van der Waals surface area contributed by atoms with Gasteiger partial charge in [0, 0.05) is 11.1 Å². The smallest absolute Gasteiger partial charge is 0.417 e. The number of pyridine rings is 1. The molecule has 1 N–H and O–H groups in total. The molecule has 0 saturated heterocycles. The minimum atomic E-state index is -4.70. The molecule has 1 rings (SSSR count). The Morgan fingerprint density at radius 1 is 1.43 bits per heavy atom. The molecule has 21 heavy (non-hydrogen) atoms. The molecule has 0 aromatic carbocycles. The van der Waals surface area contributed by atoms with Gasteiger partial charge in [-0.25, -0.2) is 4.98 Å². The molecule has 0 amide bonds. The SMILES string of the molecule is CC(C)(C)c1cc(C(F)(F)F)c(C#N)c(SCC(=O)O)n1. The Morgan fingerprint density at radius 3 is 2.38 bits per heavy atom. The fraction of sp³-hybridized carbons (Fsp3) is 0.462. The zero-order chi connectivity index (χ0) is 16.4. The number of hydrogen-bond donors (Lipinski definition) is 1. The van der Waals surface area contributed by atoms with E-state index in [1.54, 1.807) is 20.8 Å². The van der Waals surface area contributed by atoms with Gasteiger partial charge in [0.25, 0.3) is 0 Å². The maximum Gasteiger partial charge on any atom is 0.417 e. The van der Waals surface area contributed by atoms with Gasteiger partial charge in [-0.05, 0) is 6.07 Å². The number of rotatable bonds is 3. The van der Waals surface area contributed by atoms with E-state index in [1.165, 1.54) is 6.07 Å². The molecular weight excluding hydrogens is 305 g/mol. The van der Waals surface area contributed by atoms with Crippen LogP contribution in [0.5, 0.6) is 0 Å². The van der Waals surface area contributed by atoms with Crippen molar-refractivity contribution in [2.75, 3.05) is 5.75 Å². The van der Waals surface area contributed by atoms with E-state index in [2.05, 4.69) is 4.98 Å². The van der Waals surface area contributed by atoms with Gasteiger partial charge < -0.3 is 5.11 Å². The highest BCUT2D eigenvalue weighted by Gasteiger charge is 2.37. The van der Waals surface area contributed by atoms with E-state index in [9.17, 15) is 18.0 Å². The lowest BCUT2D eigenvalue weighted by Gasteiger charge is -2.21. The molecule has 114 valence electrons. The third-order valence-electron chi connectivity index (χ3n) is 2.50. The van der Waals surface area contributed by atoms with Crippen molar-refractivity contribution in [3.05, 3.63) is 22.9 Å². The molecule has 0 spiro atoms. The minimum Gasteiger partial charge on any atom is -0.481 e. The Bertz CT molecular complexity index is 601. The number of aliphatic carboxylic acids is 1. The molecule has 0 aliphatic heterocycles. The van der Waals surface area contributed by atoms with Crippen LogP contribution in [-0.4, -0.2) is 21.8 Å². The molecule has 0 fully saturated rings. The zero-order valence-electron chi connectivity index (χ0n) is 11.6. The van der Waals surface area contributed by atoms with E-state index in [1.807, 2.05) is 0 Å². The molecule has 1 aromatic rings. The number of alkyl halides is 3. The van der Waals surface area contributed by atoms with Crippen molar-refractivity contribution in [2.45, 2.75) is 37.4 Å². The molecule has 4 nitrogen and oxygen atoms in total. The zero-order valence-corrected chi connectivity index (χ0v) is 12.4. The van der Waals surface area contributed by atoms with Crippen molar-refractivity contribution in [3.8, 4) is 6.07 Å². The van der Waals surface area contributed by atoms with Crippen molar-refractivity contribution >= 4 is 17.7 Å². The second-order valence-corrected chi connectivity index (χ2v) is 6.24. The highest BCUT2D eigenvalue weighted by Crippen LogP contribution is 2.37. The van der Waals surface area contributed by atoms with Gasteiger partial charge in [-0.3, -0.25) is 4.79 Å². The first-order chi connectivity index (χ1) is 9.46. The van der Waals surface area contributed by atoms with Crippen molar-refractivity contribution < 1.29 is 23.1 Å². The van der Waals surface area contributed by atoms with Crippen LogP contribution >= 0.6 is 11.8 Å². The summed E-state index contributed by atoms with van der Waals surface area (Å²) in [7, 11) is 0. The number of nitrogens with zero attached hydrogens (tertiary/aromatic N) is 2. The Labute approximate surface area is 124 Å². The van der Waals surface area contributed by atoms with Gasteiger partial charge in [0.1, 0.15) is 11.1 Å². The van der Waals surface area contributed by atoms with E-state index in [-0.39, 0.29) is 10.7 Å². The molecule has 0 bridgehead atoms. The fourth-order valence-corrected chi connectivity index (χ4v) is 2.20. The Balaban J connectivity index is 3.53. The monoisotopic (exact) mass is 318 g/mol. The van der Waals surface area contributed by atoms with Crippen molar-refractivity contribution in [3.63, 3.8) is 0 Å². The van der Waals surface area contributed by atoms with Crippen molar-refractivity contribution in [1.29, 1.82) is 5.26 Å². The summed E-state index contributed by atoms with van der Waals surface area (Å²) in [6, 6.07) is 2.33. The van der Waals surface area contributed by atoms with E-state index in [0.717, 1.165) is 6.07 Å². The Morgan fingerprint density at radius 2 is 2.00 bits per heavy atom. The summed E-state index contributed by atoms with van der Waals surface area (Å²) in [4.78, 5) is 14.6. The third kappa shape index (κ3) is 4.36. The summed E-state index contributed by atoms with van der Waals surface area (Å²) in [6.07, 6.45) is -4.70. The topological polar surface area (TPSA) is 74.0 Å². The normalized spacial score (nSPS) is 12.0. The first-order valence-electron chi connectivity index (χ1n) is 5.84. The molecule has 0 aliphatic carbocycles. The molecule has 0 saturated carbocycles. The molecule has 1 heterocycles. The van der Waals surface area contributed by atoms with Crippen LogP contribution in [0.4, 0.5) is 13.2 Å². The van der Waals surface area contributed by atoms with Crippen LogP contribution in [0.2, 0.25) is 0 Å². The van der Waals surface area contributed by atoms with Gasteiger partial charge in [0.05, 0.1) is 16.9 Å². The van der Waals surface area contributed by atoms with E-state index in [4.69, 9.17) is 10.4 Å². The van der Waals surface area contributed by atoms with Gasteiger partial charge in [0.15, 0.2) is 0 Å². The highest BCUT2D eigenvalue weighted by atomic mass is 32.2. The first kappa shape index (κ1) is 17.3. The van der Waals surface area contributed by atoms with Crippen LogP contribution in [-0.2, 0) is 16.4 Å². The van der Waals surface area contributed by atoms with Crippen LogP contribution in [0.25, 0.3) is 0 Å². The maximum absolute atomic E-state index is 13.1. The van der Waals surface area contributed by atoms with E-state index < -0.39 is 34.4 Å². The van der Waals surface area contributed by atoms with Gasteiger partial charge >= 0.3 is 12.1 Å². The van der Waals surface area contributed by atoms with Crippen molar-refractivity contribution in [2.24, 2.45) is 0 Å². The maximum atomic E-state index is 13.1. The average molecular weight is 318 g/mol. The standard InChI is InChI=1S/C13H13F3N2O2S/c1-12(2,3)9-4-8(13(14,15)16)7(5-17)11(18-9)21-6-10(19)20/h4H,6H2,1-3H3,(H,19,20). The second-order valence-electron chi connectivity index (χ2n) is 5.28. The number of aromatic nitrogens is 1. The molecule has 0 atom stereocenters. The lowest BCUT2D eigenvalue weighted by atomic mass is 9.90. The number of hydrogen-bond acceptors (Lipinski definition) is 4. The number of nitriles is 1. The molecule has 0 aliphatic rings. The van der Waals surface area contributed by atoms with Gasteiger partial charge in [-0.1, -0.05) is 32.5 Å². The molecule has 8 heteroatoms. The van der Waals surface area contributed by atoms with Crippen molar-refractivity contribution in [1.82, 2.24) is 4.98 Å². The molecular formula is C13H13F3N2O2S. The summed E-state index contributed by atoms with van der Waals surface area (Å²) < 4.78 is 39.2. The number of carboxylic acids is 1. The summed E-state index contributed by atoms with van der Waals surface area (Å²) in [5.74, 6) is -1.66. The summed E-state index contributed by atoms with van der Waals surface area (Å²) >= 11 is 0.607. The van der Waals surface area contributed by atoms with Crippen LogP contribution in [0.3, 0.4) is 0 Å². The quantitative estimate of drug-likeness (QED) is 0.864. The van der Waals surface area contributed by atoms with Gasteiger partial charge in [-0.2, -0.15) is 18.4 Å². The van der Waals surface area contributed by atoms with E-state index >= 15 is 0 Å². The fourth-order valence-electron chi connectivity index (χ4n) is 1.47. The predicted octanol–water partition coefficient (Wildman–Crippen LogP) is 3.45. The number of carboxylic acid groups (broad SMARTS) is 1. The van der Waals surface area contributed by atoms with Crippen LogP contribution in [0.15, 0.2) is 11.1 Å². The highest BCUT2D eigenvalue weighted by molar-refractivity contribution is 7.99. The predicted molar refractivity (Wildman–Crippen MR) is 71.0 cm³/mol. The van der Waals surface area contributed by atoms with Gasteiger partial charge in [0.2, 0.25) is 0 Å². The Hall–Kier alpha value is -1.75. The summed E-state index contributed by atoms with van der Waals surface area (Å²) in [5.41, 5.74) is -2.23. The van der Waals surface area contributed by atoms with E-state index in [0.29, 0.717) is 11.8 Å². The van der Waals surface area contributed by atoms with Crippen LogP contribution < -0.4 is 0 Å².